The van der Waals surface area contributed by atoms with Crippen LogP contribution in [0.25, 0.3) is 0 Å². The van der Waals surface area contributed by atoms with E-state index in [4.69, 9.17) is 10.00 Å². The van der Waals surface area contributed by atoms with Gasteiger partial charge in [-0.2, -0.15) is 5.26 Å². The van der Waals surface area contributed by atoms with Crippen molar-refractivity contribution in [2.24, 2.45) is 0 Å². The summed E-state index contributed by atoms with van der Waals surface area (Å²) in [5, 5.41) is 11.7. The van der Waals surface area contributed by atoms with Crippen molar-refractivity contribution in [1.29, 1.82) is 5.26 Å². The Labute approximate surface area is 120 Å². The summed E-state index contributed by atoms with van der Waals surface area (Å²) in [6.45, 7) is 2.75. The number of ether oxygens (including phenoxy) is 1. The zero-order valence-corrected chi connectivity index (χ0v) is 12.2. The van der Waals surface area contributed by atoms with E-state index in [2.05, 4.69) is 5.32 Å². The van der Waals surface area contributed by atoms with Crippen LogP contribution < -0.4 is 10.1 Å². The van der Waals surface area contributed by atoms with Gasteiger partial charge in [-0.1, -0.05) is 12.1 Å². The highest BCUT2D eigenvalue weighted by atomic mass is 16.5. The van der Waals surface area contributed by atoms with Crippen LogP contribution in [0, 0.1) is 11.3 Å². The van der Waals surface area contributed by atoms with Crippen molar-refractivity contribution < 1.29 is 9.53 Å². The second-order valence-corrected chi connectivity index (χ2v) is 4.73. The van der Waals surface area contributed by atoms with Crippen molar-refractivity contribution in [3.63, 3.8) is 0 Å². The molecule has 1 amide bonds. The van der Waals surface area contributed by atoms with Gasteiger partial charge < -0.3 is 15.0 Å². The Balaban J connectivity index is 2.41. The minimum absolute atomic E-state index is 0.0554. The molecule has 108 valence electrons. The van der Waals surface area contributed by atoms with Gasteiger partial charge in [-0.05, 0) is 24.6 Å². The van der Waals surface area contributed by atoms with Crippen LogP contribution in [0.15, 0.2) is 24.3 Å². The van der Waals surface area contributed by atoms with Crippen molar-refractivity contribution in [2.45, 2.75) is 19.4 Å². The molecule has 1 atom stereocenters. The van der Waals surface area contributed by atoms with Gasteiger partial charge in [0, 0.05) is 33.1 Å². The molecule has 0 radical (unpaired) electrons. The molecule has 1 N–H and O–H groups in total. The second-order valence-electron chi connectivity index (χ2n) is 4.73. The quantitative estimate of drug-likeness (QED) is 0.823. The Morgan fingerprint density at radius 1 is 1.40 bits per heavy atom. The summed E-state index contributed by atoms with van der Waals surface area (Å²) in [7, 11) is 3.51. The largest absolute Gasteiger partial charge is 0.479 e. The molecule has 1 aromatic carbocycles. The van der Waals surface area contributed by atoms with E-state index in [0.29, 0.717) is 18.7 Å². The third kappa shape index (κ3) is 5.29. The smallest absolute Gasteiger partial charge is 0.223 e. The lowest BCUT2D eigenvalue weighted by molar-refractivity contribution is -0.128. The van der Waals surface area contributed by atoms with Gasteiger partial charge in [-0.15, -0.1) is 0 Å². The Morgan fingerprint density at radius 2 is 2.05 bits per heavy atom. The molecule has 0 aromatic heterocycles. The lowest BCUT2D eigenvalue weighted by Crippen LogP contribution is -2.28. The van der Waals surface area contributed by atoms with Crippen LogP contribution >= 0.6 is 0 Å². The fourth-order valence-corrected chi connectivity index (χ4v) is 1.71. The van der Waals surface area contributed by atoms with E-state index in [1.54, 1.807) is 19.0 Å². The van der Waals surface area contributed by atoms with Crippen LogP contribution in [0.4, 0.5) is 0 Å². The number of nitrogens with zero attached hydrogens (tertiary/aromatic N) is 2. The van der Waals surface area contributed by atoms with Gasteiger partial charge in [0.1, 0.15) is 11.8 Å². The summed E-state index contributed by atoms with van der Waals surface area (Å²) >= 11 is 0. The van der Waals surface area contributed by atoms with Crippen LogP contribution in [0.1, 0.15) is 24.9 Å². The van der Waals surface area contributed by atoms with Crippen molar-refractivity contribution in [3.05, 3.63) is 29.8 Å². The Kier molecular flexibility index (Phi) is 6.54. The fraction of sp³-hybridized carbons (Fsp3) is 0.467. The van der Waals surface area contributed by atoms with Gasteiger partial charge in [-0.25, -0.2) is 0 Å². The SMILES string of the molecule is CC(NCCC(=O)N(C)C)c1ccc(OCC#N)cc1. The molecule has 20 heavy (non-hydrogen) atoms. The van der Waals surface area contributed by atoms with Gasteiger partial charge in [0.15, 0.2) is 6.61 Å². The maximum atomic E-state index is 11.4. The maximum absolute atomic E-state index is 11.4. The molecular weight excluding hydrogens is 254 g/mol. The Morgan fingerprint density at radius 3 is 2.60 bits per heavy atom. The molecule has 0 bridgehead atoms. The van der Waals surface area contributed by atoms with Crippen LogP contribution in [0.3, 0.4) is 0 Å². The number of benzene rings is 1. The molecular formula is C15H21N3O2. The summed E-state index contributed by atoms with van der Waals surface area (Å²) in [6, 6.07) is 9.69. The zero-order chi connectivity index (χ0) is 15.0. The topological polar surface area (TPSA) is 65.4 Å². The number of carbonyl (C=O) groups excluding carboxylic acids is 1. The molecule has 1 unspecified atom stereocenters. The van der Waals surface area contributed by atoms with Crippen molar-refractivity contribution in [1.82, 2.24) is 10.2 Å². The zero-order valence-electron chi connectivity index (χ0n) is 12.2. The van der Waals surface area contributed by atoms with Gasteiger partial charge in [-0.3, -0.25) is 4.79 Å². The molecule has 0 aliphatic heterocycles. The minimum Gasteiger partial charge on any atom is -0.479 e. The first kappa shape index (κ1) is 16.0. The Hall–Kier alpha value is -2.06. The van der Waals surface area contributed by atoms with Crippen LogP contribution in [0.5, 0.6) is 5.75 Å². The van der Waals surface area contributed by atoms with Crippen molar-refractivity contribution in [3.8, 4) is 11.8 Å². The van der Waals surface area contributed by atoms with Gasteiger partial charge in [0.2, 0.25) is 5.91 Å². The molecule has 1 rings (SSSR count). The Bertz CT molecular complexity index is 463. The predicted molar refractivity (Wildman–Crippen MR) is 77.3 cm³/mol. The number of hydrogen-bond donors (Lipinski definition) is 1. The lowest BCUT2D eigenvalue weighted by Gasteiger charge is -2.16. The molecule has 0 saturated carbocycles. The molecule has 5 nitrogen and oxygen atoms in total. The summed E-state index contributed by atoms with van der Waals surface area (Å²) in [5.41, 5.74) is 1.12. The van der Waals surface area contributed by atoms with E-state index in [-0.39, 0.29) is 18.6 Å². The minimum atomic E-state index is 0.0554. The van der Waals surface area contributed by atoms with E-state index in [1.165, 1.54) is 0 Å². The highest BCUT2D eigenvalue weighted by Crippen LogP contribution is 2.17. The summed E-state index contributed by atoms with van der Waals surface area (Å²) in [4.78, 5) is 13.0. The number of carbonyl (C=O) groups is 1. The molecule has 1 aromatic rings. The fourth-order valence-electron chi connectivity index (χ4n) is 1.71. The average molecular weight is 275 g/mol. The van der Waals surface area contributed by atoms with Crippen LogP contribution in [0.2, 0.25) is 0 Å². The highest BCUT2D eigenvalue weighted by molar-refractivity contribution is 5.75. The predicted octanol–water partition coefficient (Wildman–Crippen LogP) is 1.72. The summed E-state index contributed by atoms with van der Waals surface area (Å²) < 4.78 is 5.20. The molecule has 0 aliphatic carbocycles. The number of nitrogens with one attached hydrogen (secondary N) is 1. The van der Waals surface area contributed by atoms with E-state index < -0.39 is 0 Å². The first-order valence-corrected chi connectivity index (χ1v) is 6.58. The van der Waals surface area contributed by atoms with Gasteiger partial charge in [0.25, 0.3) is 0 Å². The van der Waals surface area contributed by atoms with Crippen LogP contribution in [-0.2, 0) is 4.79 Å². The summed E-state index contributed by atoms with van der Waals surface area (Å²) in [6.07, 6.45) is 0.487. The monoisotopic (exact) mass is 275 g/mol. The third-order valence-corrected chi connectivity index (χ3v) is 2.97. The number of nitriles is 1. The summed E-state index contributed by atoms with van der Waals surface area (Å²) in [5.74, 6) is 0.801. The number of amides is 1. The van der Waals surface area contributed by atoms with Crippen molar-refractivity contribution in [2.75, 3.05) is 27.2 Å². The normalized spacial score (nSPS) is 11.5. The number of hydrogen-bond acceptors (Lipinski definition) is 4. The van der Waals surface area contributed by atoms with E-state index in [0.717, 1.165) is 5.56 Å². The van der Waals surface area contributed by atoms with Gasteiger partial charge >= 0.3 is 0 Å². The first-order chi connectivity index (χ1) is 9.54. The number of rotatable bonds is 7. The lowest BCUT2D eigenvalue weighted by atomic mass is 10.1. The van der Waals surface area contributed by atoms with Crippen molar-refractivity contribution >= 4 is 5.91 Å². The molecule has 5 heteroatoms. The molecule has 0 spiro atoms. The highest BCUT2D eigenvalue weighted by Gasteiger charge is 2.07. The second kappa shape index (κ2) is 8.18. The van der Waals surface area contributed by atoms with Crippen LogP contribution in [-0.4, -0.2) is 38.1 Å². The van der Waals surface area contributed by atoms with E-state index in [9.17, 15) is 4.79 Å². The molecule has 0 fully saturated rings. The molecule has 0 heterocycles. The average Bonchev–Trinajstić information content (AvgIpc) is 2.45. The third-order valence-electron chi connectivity index (χ3n) is 2.97. The van der Waals surface area contributed by atoms with E-state index >= 15 is 0 Å². The maximum Gasteiger partial charge on any atom is 0.223 e. The molecule has 0 saturated heterocycles. The molecule has 0 aliphatic rings. The van der Waals surface area contributed by atoms with E-state index in [1.807, 2.05) is 37.3 Å². The standard InChI is InChI=1S/C15H21N3O2/c1-12(17-10-8-15(19)18(2)3)13-4-6-14(7-5-13)20-11-9-16/h4-7,12,17H,8,10-11H2,1-3H3. The first-order valence-electron chi connectivity index (χ1n) is 6.58. The van der Waals surface area contributed by atoms with Gasteiger partial charge in [0.05, 0.1) is 0 Å².